The predicted molar refractivity (Wildman–Crippen MR) is 63.2 cm³/mol. The summed E-state index contributed by atoms with van der Waals surface area (Å²) in [5.74, 6) is -1.07. The second-order valence-electron chi connectivity index (χ2n) is 4.22. The van der Waals surface area contributed by atoms with Crippen molar-refractivity contribution < 1.29 is 8.78 Å². The van der Waals surface area contributed by atoms with Gasteiger partial charge in [-0.25, -0.2) is 8.78 Å². The monoisotopic (exact) mass is 289 g/mol. The normalized spacial score (nSPS) is 18.2. The number of halogens is 3. The van der Waals surface area contributed by atoms with Gasteiger partial charge in [0.05, 0.1) is 4.47 Å². The van der Waals surface area contributed by atoms with E-state index in [0.29, 0.717) is 5.92 Å². The molecule has 1 nitrogen and oxygen atoms in total. The summed E-state index contributed by atoms with van der Waals surface area (Å²) in [6.45, 7) is 0. The number of hydrogen-bond acceptors (Lipinski definition) is 1. The van der Waals surface area contributed by atoms with Crippen LogP contribution in [0.5, 0.6) is 0 Å². The molecule has 1 aromatic carbocycles. The molecule has 1 aromatic rings. The van der Waals surface area contributed by atoms with Gasteiger partial charge in [0, 0.05) is 6.04 Å². The van der Waals surface area contributed by atoms with Crippen molar-refractivity contribution in [3.05, 3.63) is 33.8 Å². The maximum Gasteiger partial charge on any atom is 0.173 e. The number of nitrogens with one attached hydrogen (secondary N) is 1. The quantitative estimate of drug-likeness (QED) is 0.835. The van der Waals surface area contributed by atoms with Crippen molar-refractivity contribution in [2.75, 3.05) is 7.05 Å². The zero-order valence-electron chi connectivity index (χ0n) is 9.06. The molecule has 88 valence electrons. The lowest BCUT2D eigenvalue weighted by Gasteiger charge is -2.34. The Balaban J connectivity index is 2.34. The highest BCUT2D eigenvalue weighted by Gasteiger charge is 2.29. The molecule has 1 aliphatic carbocycles. The van der Waals surface area contributed by atoms with Gasteiger partial charge in [-0.05, 0) is 53.4 Å². The highest BCUT2D eigenvalue weighted by molar-refractivity contribution is 9.10. The predicted octanol–water partition coefficient (Wildman–Crippen LogP) is 3.79. The van der Waals surface area contributed by atoms with Crippen molar-refractivity contribution in [3.63, 3.8) is 0 Å². The van der Waals surface area contributed by atoms with E-state index in [0.717, 1.165) is 18.4 Å². The Bertz CT molecular complexity index is 391. The van der Waals surface area contributed by atoms with Gasteiger partial charge in [0.15, 0.2) is 11.6 Å². The Hall–Kier alpha value is -0.480. The fourth-order valence-corrected chi connectivity index (χ4v) is 2.77. The van der Waals surface area contributed by atoms with Crippen LogP contribution in [0.2, 0.25) is 0 Å². The first-order chi connectivity index (χ1) is 7.65. The molecule has 0 amide bonds. The lowest BCUT2D eigenvalue weighted by atomic mass is 9.77. The molecule has 2 rings (SSSR count). The van der Waals surface area contributed by atoms with E-state index in [1.165, 1.54) is 12.5 Å². The highest BCUT2D eigenvalue weighted by Crippen LogP contribution is 2.40. The zero-order valence-corrected chi connectivity index (χ0v) is 10.7. The third-order valence-corrected chi connectivity index (χ3v) is 4.14. The molecule has 16 heavy (non-hydrogen) atoms. The summed E-state index contributed by atoms with van der Waals surface area (Å²) in [5.41, 5.74) is 0.811. The molecule has 1 N–H and O–H groups in total. The molecule has 1 atom stereocenters. The molecule has 1 unspecified atom stereocenters. The smallest absolute Gasteiger partial charge is 0.173 e. The summed E-state index contributed by atoms with van der Waals surface area (Å²) >= 11 is 3.14. The van der Waals surface area contributed by atoms with Crippen LogP contribution in [-0.4, -0.2) is 7.05 Å². The van der Waals surface area contributed by atoms with Gasteiger partial charge in [0.1, 0.15) is 0 Å². The molecular weight excluding hydrogens is 276 g/mol. The summed E-state index contributed by atoms with van der Waals surface area (Å²) in [4.78, 5) is 0. The Kier molecular flexibility index (Phi) is 3.60. The zero-order chi connectivity index (χ0) is 11.7. The van der Waals surface area contributed by atoms with Crippen molar-refractivity contribution in [1.82, 2.24) is 5.32 Å². The topological polar surface area (TPSA) is 12.0 Å². The molecular formula is C12H14BrF2N. The van der Waals surface area contributed by atoms with Crippen LogP contribution < -0.4 is 5.32 Å². The van der Waals surface area contributed by atoms with Crippen molar-refractivity contribution in [1.29, 1.82) is 0 Å². The third kappa shape index (κ3) is 2.00. The van der Waals surface area contributed by atoms with Crippen molar-refractivity contribution >= 4 is 15.9 Å². The lowest BCUT2D eigenvalue weighted by molar-refractivity contribution is 0.238. The van der Waals surface area contributed by atoms with Gasteiger partial charge < -0.3 is 5.32 Å². The Morgan fingerprint density at radius 2 is 2.06 bits per heavy atom. The van der Waals surface area contributed by atoms with E-state index < -0.39 is 11.6 Å². The fourth-order valence-electron chi connectivity index (χ4n) is 2.20. The summed E-state index contributed by atoms with van der Waals surface area (Å²) < 4.78 is 26.7. The fraction of sp³-hybridized carbons (Fsp3) is 0.500. The van der Waals surface area contributed by atoms with Gasteiger partial charge >= 0.3 is 0 Å². The van der Waals surface area contributed by atoms with Crippen LogP contribution in [0, 0.1) is 17.6 Å². The van der Waals surface area contributed by atoms with Gasteiger partial charge in [-0.2, -0.15) is 0 Å². The maximum absolute atomic E-state index is 13.4. The second-order valence-corrected chi connectivity index (χ2v) is 5.01. The maximum atomic E-state index is 13.4. The Morgan fingerprint density at radius 1 is 1.38 bits per heavy atom. The van der Waals surface area contributed by atoms with Crippen LogP contribution in [0.4, 0.5) is 8.78 Å². The molecule has 0 heterocycles. The average Bonchev–Trinajstić information content (AvgIpc) is 2.21. The van der Waals surface area contributed by atoms with Crippen LogP contribution in [-0.2, 0) is 0 Å². The summed E-state index contributed by atoms with van der Waals surface area (Å²) in [6.07, 6.45) is 3.53. The van der Waals surface area contributed by atoms with Crippen LogP contribution in [0.3, 0.4) is 0 Å². The number of hydrogen-bond donors (Lipinski definition) is 1. The molecule has 1 aliphatic rings. The first-order valence-electron chi connectivity index (χ1n) is 5.45. The minimum absolute atomic E-state index is 0.109. The van der Waals surface area contributed by atoms with Crippen LogP contribution >= 0.6 is 15.9 Å². The van der Waals surface area contributed by atoms with E-state index in [1.807, 2.05) is 7.05 Å². The molecule has 1 fully saturated rings. The van der Waals surface area contributed by atoms with E-state index in [-0.39, 0.29) is 10.5 Å². The van der Waals surface area contributed by atoms with Crippen LogP contribution in [0.1, 0.15) is 30.9 Å². The SMILES string of the molecule is CNC(c1ccc(F)c(F)c1Br)C1CCC1. The first kappa shape index (κ1) is 12.0. The molecule has 0 aliphatic heterocycles. The van der Waals surface area contributed by atoms with Crippen molar-refractivity contribution in [2.24, 2.45) is 5.92 Å². The van der Waals surface area contributed by atoms with E-state index in [4.69, 9.17) is 0 Å². The third-order valence-electron chi connectivity index (χ3n) is 3.33. The summed E-state index contributed by atoms with van der Waals surface area (Å²) in [7, 11) is 1.86. The first-order valence-corrected chi connectivity index (χ1v) is 6.25. The summed E-state index contributed by atoms with van der Waals surface area (Å²) in [5, 5.41) is 3.19. The van der Waals surface area contributed by atoms with Crippen LogP contribution in [0.25, 0.3) is 0 Å². The van der Waals surface area contributed by atoms with Crippen LogP contribution in [0.15, 0.2) is 16.6 Å². The molecule has 0 bridgehead atoms. The van der Waals surface area contributed by atoms with E-state index in [1.54, 1.807) is 6.07 Å². The van der Waals surface area contributed by atoms with Gasteiger partial charge in [-0.3, -0.25) is 0 Å². The molecule has 4 heteroatoms. The van der Waals surface area contributed by atoms with Crippen molar-refractivity contribution in [3.8, 4) is 0 Å². The van der Waals surface area contributed by atoms with Crippen molar-refractivity contribution in [2.45, 2.75) is 25.3 Å². The minimum atomic E-state index is -0.806. The lowest BCUT2D eigenvalue weighted by Crippen LogP contribution is -2.30. The van der Waals surface area contributed by atoms with Gasteiger partial charge in [0.25, 0.3) is 0 Å². The standard InChI is InChI=1S/C12H14BrF2N/c1-16-12(7-3-2-4-7)8-5-6-9(14)11(15)10(8)13/h5-7,12,16H,2-4H2,1H3. The summed E-state index contributed by atoms with van der Waals surface area (Å²) in [6, 6.07) is 2.96. The van der Waals surface area contributed by atoms with E-state index in [9.17, 15) is 8.78 Å². The van der Waals surface area contributed by atoms with E-state index in [2.05, 4.69) is 21.2 Å². The molecule has 0 spiro atoms. The largest absolute Gasteiger partial charge is 0.313 e. The van der Waals surface area contributed by atoms with Gasteiger partial charge in [0.2, 0.25) is 0 Å². The molecule has 0 saturated heterocycles. The average molecular weight is 290 g/mol. The van der Waals surface area contributed by atoms with Gasteiger partial charge in [-0.15, -0.1) is 0 Å². The number of benzene rings is 1. The number of rotatable bonds is 3. The minimum Gasteiger partial charge on any atom is -0.313 e. The molecule has 0 aromatic heterocycles. The molecule has 1 saturated carbocycles. The Labute approximate surface area is 102 Å². The second kappa shape index (κ2) is 4.80. The Morgan fingerprint density at radius 3 is 2.56 bits per heavy atom. The van der Waals surface area contributed by atoms with E-state index >= 15 is 0 Å². The highest BCUT2D eigenvalue weighted by atomic mass is 79.9. The molecule has 0 radical (unpaired) electrons. The van der Waals surface area contributed by atoms with Gasteiger partial charge in [-0.1, -0.05) is 12.5 Å².